The fourth-order valence-corrected chi connectivity index (χ4v) is 6.82. The molecule has 0 aliphatic carbocycles. The molecule has 1 rings (SSSR count). The summed E-state index contributed by atoms with van der Waals surface area (Å²) in [5.41, 5.74) is 0. The van der Waals surface area contributed by atoms with Crippen molar-refractivity contribution in [2.24, 2.45) is 0 Å². The molecule has 1 saturated heterocycles. The van der Waals surface area contributed by atoms with Crippen LogP contribution in [0.15, 0.2) is 36.5 Å². The van der Waals surface area contributed by atoms with E-state index in [1.54, 1.807) is 0 Å². The summed E-state index contributed by atoms with van der Waals surface area (Å²) < 4.78 is 32.1. The zero-order valence-electron chi connectivity index (χ0n) is 34.3. The van der Waals surface area contributed by atoms with E-state index in [0.717, 1.165) is 44.9 Å². The molecule has 54 heavy (non-hydrogen) atoms. The predicted molar refractivity (Wildman–Crippen MR) is 220 cm³/mol. The standard InChI is InChI=1S/C44H79O9P/c1-3-5-7-8-9-10-11-12-13-14-15-16-17-18-23-26-29-33-37-44(46)52-40(39-51-54(47,48)49)38-50-43(45)36-32-28-25-22-20-19-21-24-27-31-35-42-41(53-42)34-30-6-4-2/h19,21-22,25,27,31,40-42H,3-18,20,23-24,26,28-30,32-39H2,1-2H3,(H2,47,48,49)/b21-19-,25-22-,31-27-/t40-,41?,42?/m1/s1. The highest BCUT2D eigenvalue weighted by molar-refractivity contribution is 7.46. The Morgan fingerprint density at radius 3 is 1.63 bits per heavy atom. The molecule has 1 aliphatic rings. The highest BCUT2D eigenvalue weighted by Gasteiger charge is 2.36. The summed E-state index contributed by atoms with van der Waals surface area (Å²) in [5, 5.41) is 0. The van der Waals surface area contributed by atoms with Gasteiger partial charge in [-0.05, 0) is 44.9 Å². The molecule has 1 heterocycles. The topological polar surface area (TPSA) is 132 Å². The lowest BCUT2D eigenvalue weighted by Gasteiger charge is -2.18. The van der Waals surface area contributed by atoms with E-state index in [-0.39, 0.29) is 19.4 Å². The van der Waals surface area contributed by atoms with Crippen molar-refractivity contribution in [3.63, 3.8) is 0 Å². The third-order valence-corrected chi connectivity index (χ3v) is 10.3. The Labute approximate surface area is 329 Å². The van der Waals surface area contributed by atoms with E-state index in [9.17, 15) is 14.2 Å². The Balaban J connectivity index is 2.07. The van der Waals surface area contributed by atoms with Crippen LogP contribution in [0.25, 0.3) is 0 Å². The summed E-state index contributed by atoms with van der Waals surface area (Å²) in [5.74, 6) is -0.948. The van der Waals surface area contributed by atoms with Crippen LogP contribution in [0.3, 0.4) is 0 Å². The van der Waals surface area contributed by atoms with Gasteiger partial charge in [-0.2, -0.15) is 0 Å². The second-order valence-corrected chi connectivity index (χ2v) is 16.3. The highest BCUT2D eigenvalue weighted by atomic mass is 31.2. The third-order valence-electron chi connectivity index (χ3n) is 9.84. The summed E-state index contributed by atoms with van der Waals surface area (Å²) in [4.78, 5) is 42.9. The van der Waals surface area contributed by atoms with Crippen molar-refractivity contribution >= 4 is 19.8 Å². The molecule has 2 N–H and O–H groups in total. The van der Waals surface area contributed by atoms with Crippen molar-refractivity contribution in [1.82, 2.24) is 0 Å². The third kappa shape index (κ3) is 34.7. The lowest BCUT2D eigenvalue weighted by Crippen LogP contribution is -2.29. The zero-order chi connectivity index (χ0) is 39.4. The molecule has 1 fully saturated rings. The maximum Gasteiger partial charge on any atom is 0.469 e. The molecular weight excluding hydrogens is 703 g/mol. The normalized spacial score (nSPS) is 16.5. The van der Waals surface area contributed by atoms with E-state index in [4.69, 9.17) is 24.0 Å². The lowest BCUT2D eigenvalue weighted by atomic mass is 10.0. The molecule has 0 amide bonds. The van der Waals surface area contributed by atoms with E-state index in [0.29, 0.717) is 25.0 Å². The molecule has 9 nitrogen and oxygen atoms in total. The minimum atomic E-state index is -4.77. The van der Waals surface area contributed by atoms with Gasteiger partial charge in [-0.3, -0.25) is 14.1 Å². The van der Waals surface area contributed by atoms with Crippen LogP contribution in [0.1, 0.15) is 200 Å². The SMILES string of the molecule is CCCCCCCCCCCCCCCCCCCCC(=O)O[C@H](COC(=O)CCC/C=C\C/C=C\C/C=C\CC1OC1CCCCC)COP(=O)(O)O. The number of rotatable bonds is 39. The van der Waals surface area contributed by atoms with Crippen molar-refractivity contribution in [2.45, 2.75) is 218 Å². The molecule has 0 aromatic heterocycles. The zero-order valence-corrected chi connectivity index (χ0v) is 35.2. The van der Waals surface area contributed by atoms with Crippen LogP contribution in [0.2, 0.25) is 0 Å². The average molecular weight is 783 g/mol. The molecule has 0 spiro atoms. The van der Waals surface area contributed by atoms with E-state index in [2.05, 4.69) is 48.8 Å². The molecule has 10 heteroatoms. The van der Waals surface area contributed by atoms with Crippen LogP contribution in [-0.4, -0.2) is 53.3 Å². The summed E-state index contributed by atoms with van der Waals surface area (Å²) in [6, 6.07) is 0. The number of carbonyl (C=O) groups excluding carboxylic acids is 2. The first-order chi connectivity index (χ1) is 26.2. The Hall–Kier alpha value is -1.77. The number of ether oxygens (including phenoxy) is 3. The predicted octanol–water partition coefficient (Wildman–Crippen LogP) is 12.3. The van der Waals surface area contributed by atoms with Crippen molar-refractivity contribution in [3.8, 4) is 0 Å². The van der Waals surface area contributed by atoms with E-state index >= 15 is 0 Å². The molecule has 2 unspecified atom stereocenters. The fraction of sp³-hybridized carbons (Fsp3) is 0.818. The maximum absolute atomic E-state index is 12.4. The van der Waals surface area contributed by atoms with Gasteiger partial charge in [0.05, 0.1) is 18.8 Å². The van der Waals surface area contributed by atoms with Crippen LogP contribution in [0.5, 0.6) is 0 Å². The molecule has 1 aliphatic heterocycles. The number of phosphoric acid groups is 1. The van der Waals surface area contributed by atoms with Gasteiger partial charge in [0, 0.05) is 12.8 Å². The van der Waals surface area contributed by atoms with Crippen LogP contribution in [0.4, 0.5) is 0 Å². The van der Waals surface area contributed by atoms with Gasteiger partial charge in [-0.25, -0.2) is 4.57 Å². The van der Waals surface area contributed by atoms with Crippen LogP contribution < -0.4 is 0 Å². The Bertz CT molecular complexity index is 1040. The van der Waals surface area contributed by atoms with Gasteiger partial charge >= 0.3 is 19.8 Å². The molecule has 0 aromatic rings. The minimum Gasteiger partial charge on any atom is -0.462 e. The van der Waals surface area contributed by atoms with Crippen LogP contribution in [0, 0.1) is 0 Å². The second-order valence-electron chi connectivity index (χ2n) is 15.1. The fourth-order valence-electron chi connectivity index (χ4n) is 6.46. The largest absolute Gasteiger partial charge is 0.469 e. The van der Waals surface area contributed by atoms with Gasteiger partial charge in [0.25, 0.3) is 0 Å². The molecule has 0 aromatic carbocycles. The highest BCUT2D eigenvalue weighted by Crippen LogP contribution is 2.36. The van der Waals surface area contributed by atoms with Gasteiger partial charge < -0.3 is 24.0 Å². The average Bonchev–Trinajstić information content (AvgIpc) is 3.90. The van der Waals surface area contributed by atoms with Gasteiger partial charge in [-0.15, -0.1) is 0 Å². The van der Waals surface area contributed by atoms with Crippen LogP contribution in [-0.2, 0) is 32.9 Å². The monoisotopic (exact) mass is 783 g/mol. The van der Waals surface area contributed by atoms with Crippen molar-refractivity contribution in [3.05, 3.63) is 36.5 Å². The van der Waals surface area contributed by atoms with Crippen molar-refractivity contribution in [2.75, 3.05) is 13.2 Å². The number of unbranched alkanes of at least 4 members (excludes halogenated alkanes) is 20. The molecule has 314 valence electrons. The molecule has 0 radical (unpaired) electrons. The van der Waals surface area contributed by atoms with Gasteiger partial charge in [-0.1, -0.05) is 179 Å². The number of hydrogen-bond donors (Lipinski definition) is 2. The number of epoxide rings is 1. The van der Waals surface area contributed by atoms with Crippen molar-refractivity contribution < 1.29 is 42.7 Å². The van der Waals surface area contributed by atoms with Gasteiger partial charge in [0.15, 0.2) is 6.10 Å². The molecule has 0 saturated carbocycles. The minimum absolute atomic E-state index is 0.189. The Morgan fingerprint density at radius 2 is 1.07 bits per heavy atom. The Kier molecular flexibility index (Phi) is 33.2. The number of allylic oxidation sites excluding steroid dienone is 5. The van der Waals surface area contributed by atoms with Gasteiger partial charge in [0.2, 0.25) is 0 Å². The van der Waals surface area contributed by atoms with Crippen molar-refractivity contribution in [1.29, 1.82) is 0 Å². The number of phosphoric ester groups is 1. The number of hydrogen-bond acceptors (Lipinski definition) is 7. The van der Waals surface area contributed by atoms with E-state index in [1.165, 1.54) is 116 Å². The summed E-state index contributed by atoms with van der Waals surface area (Å²) in [6.07, 6.45) is 44.8. The first kappa shape index (κ1) is 50.2. The molecule has 3 atom stereocenters. The van der Waals surface area contributed by atoms with Gasteiger partial charge in [0.1, 0.15) is 6.61 Å². The van der Waals surface area contributed by atoms with E-state index < -0.39 is 32.5 Å². The molecular formula is C44H79O9P. The Morgan fingerprint density at radius 1 is 0.593 bits per heavy atom. The number of carbonyl (C=O) groups is 2. The second kappa shape index (κ2) is 35.6. The molecule has 0 bridgehead atoms. The quantitative estimate of drug-likeness (QED) is 0.0205. The first-order valence-corrected chi connectivity index (χ1v) is 23.4. The first-order valence-electron chi connectivity index (χ1n) is 21.9. The smallest absolute Gasteiger partial charge is 0.462 e. The van der Waals surface area contributed by atoms with Crippen LogP contribution >= 0.6 is 7.82 Å². The summed E-state index contributed by atoms with van der Waals surface area (Å²) in [6.45, 7) is 3.62. The number of esters is 2. The maximum atomic E-state index is 12.4. The lowest BCUT2D eigenvalue weighted by molar-refractivity contribution is -0.161. The summed E-state index contributed by atoms with van der Waals surface area (Å²) >= 11 is 0. The van der Waals surface area contributed by atoms with E-state index in [1.807, 2.05) is 6.08 Å². The summed E-state index contributed by atoms with van der Waals surface area (Å²) in [7, 11) is -4.77.